The summed E-state index contributed by atoms with van der Waals surface area (Å²) in [5.41, 5.74) is 7.01. The first-order valence-corrected chi connectivity index (χ1v) is 8.84. The van der Waals surface area contributed by atoms with Crippen LogP contribution in [0, 0.1) is 11.8 Å². The highest BCUT2D eigenvalue weighted by Crippen LogP contribution is 2.23. The minimum absolute atomic E-state index is 0. The van der Waals surface area contributed by atoms with Crippen molar-refractivity contribution in [3.8, 4) is 0 Å². The van der Waals surface area contributed by atoms with E-state index in [1.165, 1.54) is 0 Å². The average molecular weight is 369 g/mol. The van der Waals surface area contributed by atoms with Gasteiger partial charge in [-0.25, -0.2) is 0 Å². The first-order chi connectivity index (χ1) is 11.6. The molecule has 0 aromatic heterocycles. The van der Waals surface area contributed by atoms with Gasteiger partial charge in [-0.1, -0.05) is 36.8 Å². The van der Waals surface area contributed by atoms with E-state index >= 15 is 0 Å². The average Bonchev–Trinajstić information content (AvgIpc) is 2.59. The third-order valence-electron chi connectivity index (χ3n) is 4.55. The number of halogens is 1. The Morgan fingerprint density at radius 1 is 1.28 bits per heavy atom. The predicted molar refractivity (Wildman–Crippen MR) is 100 cm³/mol. The first-order valence-electron chi connectivity index (χ1n) is 8.84. The van der Waals surface area contributed by atoms with Crippen molar-refractivity contribution in [3.05, 3.63) is 35.9 Å². The van der Waals surface area contributed by atoms with Crippen LogP contribution in [0.3, 0.4) is 0 Å². The van der Waals surface area contributed by atoms with Gasteiger partial charge in [-0.15, -0.1) is 12.4 Å². The zero-order chi connectivity index (χ0) is 17.4. The van der Waals surface area contributed by atoms with Crippen molar-refractivity contribution in [2.24, 2.45) is 17.6 Å². The summed E-state index contributed by atoms with van der Waals surface area (Å²) in [6.45, 7) is 2.44. The van der Waals surface area contributed by atoms with E-state index in [1.54, 1.807) is 6.92 Å². The lowest BCUT2D eigenvalue weighted by Crippen LogP contribution is -2.41. The van der Waals surface area contributed by atoms with Gasteiger partial charge in [0, 0.05) is 18.5 Å². The van der Waals surface area contributed by atoms with Gasteiger partial charge < -0.3 is 15.8 Å². The summed E-state index contributed by atoms with van der Waals surface area (Å²) in [6.07, 6.45) is 4.15. The van der Waals surface area contributed by atoms with E-state index in [2.05, 4.69) is 5.32 Å². The maximum Gasteiger partial charge on any atom is 0.311 e. The first kappa shape index (κ1) is 21.5. The van der Waals surface area contributed by atoms with Crippen molar-refractivity contribution >= 4 is 24.3 Å². The molecule has 1 aromatic carbocycles. The van der Waals surface area contributed by atoms with E-state index in [0.29, 0.717) is 19.6 Å². The molecule has 140 valence electrons. The van der Waals surface area contributed by atoms with Gasteiger partial charge in [-0.2, -0.15) is 0 Å². The molecule has 3 atom stereocenters. The zero-order valence-corrected chi connectivity index (χ0v) is 15.6. The number of hydrogen-bond acceptors (Lipinski definition) is 4. The largest absolute Gasteiger partial charge is 0.466 e. The number of ether oxygens (including phenoxy) is 1. The summed E-state index contributed by atoms with van der Waals surface area (Å²) in [7, 11) is 0. The number of carbonyl (C=O) groups excluding carboxylic acids is 2. The maximum atomic E-state index is 12.4. The molecule has 0 heterocycles. The van der Waals surface area contributed by atoms with Crippen LogP contribution in [0.15, 0.2) is 30.3 Å². The minimum atomic E-state index is -0.367. The number of hydrogen-bond donors (Lipinski definition) is 2. The highest BCUT2D eigenvalue weighted by molar-refractivity contribution is 5.85. The summed E-state index contributed by atoms with van der Waals surface area (Å²) in [4.78, 5) is 24.6. The highest BCUT2D eigenvalue weighted by Gasteiger charge is 2.27. The molecule has 5 nitrogen and oxygen atoms in total. The molecule has 0 saturated heterocycles. The monoisotopic (exact) mass is 368 g/mol. The number of rotatable bonds is 7. The van der Waals surface area contributed by atoms with Crippen LogP contribution in [0.1, 0.15) is 38.2 Å². The Bertz CT molecular complexity index is 539. The van der Waals surface area contributed by atoms with Crippen molar-refractivity contribution in [1.29, 1.82) is 0 Å². The van der Waals surface area contributed by atoms with Crippen molar-refractivity contribution in [2.75, 3.05) is 13.2 Å². The molecule has 6 heteroatoms. The van der Waals surface area contributed by atoms with Crippen LogP contribution in [-0.4, -0.2) is 31.1 Å². The van der Waals surface area contributed by atoms with Gasteiger partial charge in [0.1, 0.15) is 0 Å². The van der Waals surface area contributed by atoms with E-state index in [1.807, 2.05) is 30.3 Å². The van der Waals surface area contributed by atoms with E-state index in [9.17, 15) is 9.59 Å². The molecule has 1 aliphatic rings. The highest BCUT2D eigenvalue weighted by atomic mass is 35.5. The van der Waals surface area contributed by atoms with E-state index in [0.717, 1.165) is 31.2 Å². The molecular weight excluding hydrogens is 340 g/mol. The van der Waals surface area contributed by atoms with Gasteiger partial charge in [-0.3, -0.25) is 9.59 Å². The molecular formula is C19H29ClN2O3. The Morgan fingerprint density at radius 2 is 2.00 bits per heavy atom. The molecule has 0 spiro atoms. The van der Waals surface area contributed by atoms with Crippen LogP contribution >= 0.6 is 12.4 Å². The normalized spacial score (nSPS) is 20.9. The molecule has 3 unspecified atom stereocenters. The SMILES string of the molecule is CCOC(=O)C(CNC(=O)C1CCCC(N)C1)Cc1ccccc1.Cl. The van der Waals surface area contributed by atoms with Gasteiger partial charge >= 0.3 is 5.97 Å². The summed E-state index contributed by atoms with van der Waals surface area (Å²) in [6, 6.07) is 9.90. The molecule has 0 radical (unpaired) electrons. The molecule has 0 aliphatic heterocycles. The van der Waals surface area contributed by atoms with Crippen LogP contribution < -0.4 is 11.1 Å². The Kier molecular flexibility index (Phi) is 9.53. The lowest BCUT2D eigenvalue weighted by molar-refractivity contribution is -0.148. The third kappa shape index (κ3) is 7.04. The molecule has 0 bridgehead atoms. The summed E-state index contributed by atoms with van der Waals surface area (Å²) in [5.74, 6) is -0.656. The molecule has 25 heavy (non-hydrogen) atoms. The van der Waals surface area contributed by atoms with Gasteiger partial charge in [0.15, 0.2) is 0 Å². The number of nitrogens with one attached hydrogen (secondary N) is 1. The molecule has 1 fully saturated rings. The van der Waals surface area contributed by atoms with Gasteiger partial charge in [-0.05, 0) is 38.2 Å². The van der Waals surface area contributed by atoms with Crippen molar-refractivity contribution in [1.82, 2.24) is 5.32 Å². The standard InChI is InChI=1S/C19H28N2O3.ClH/c1-2-24-19(23)16(11-14-7-4-3-5-8-14)13-21-18(22)15-9-6-10-17(20)12-15;/h3-5,7-8,15-17H,2,6,9-13,20H2,1H3,(H,21,22);1H. The second-order valence-corrected chi connectivity index (χ2v) is 6.51. The van der Waals surface area contributed by atoms with Crippen LogP contribution in [-0.2, 0) is 20.7 Å². The van der Waals surface area contributed by atoms with Gasteiger partial charge in [0.2, 0.25) is 5.91 Å². The van der Waals surface area contributed by atoms with Crippen LogP contribution in [0.25, 0.3) is 0 Å². The number of carbonyl (C=O) groups is 2. The zero-order valence-electron chi connectivity index (χ0n) is 14.8. The molecule has 1 aromatic rings. The van der Waals surface area contributed by atoms with Crippen LogP contribution in [0.2, 0.25) is 0 Å². The van der Waals surface area contributed by atoms with Gasteiger partial charge in [0.25, 0.3) is 0 Å². The fourth-order valence-electron chi connectivity index (χ4n) is 3.23. The molecule has 3 N–H and O–H groups in total. The van der Waals surface area contributed by atoms with Gasteiger partial charge in [0.05, 0.1) is 12.5 Å². The molecule has 1 amide bonds. The van der Waals surface area contributed by atoms with Crippen molar-refractivity contribution < 1.29 is 14.3 Å². The maximum absolute atomic E-state index is 12.4. The Hall–Kier alpha value is -1.59. The fourth-order valence-corrected chi connectivity index (χ4v) is 3.23. The molecule has 1 saturated carbocycles. The Labute approximate surface area is 156 Å². The number of amides is 1. The second kappa shape index (κ2) is 11.1. The number of benzene rings is 1. The number of esters is 1. The summed E-state index contributed by atoms with van der Waals surface area (Å²) < 4.78 is 5.16. The van der Waals surface area contributed by atoms with E-state index < -0.39 is 0 Å². The molecule has 1 aliphatic carbocycles. The number of nitrogens with two attached hydrogens (primary N) is 1. The van der Waals surface area contributed by atoms with Crippen molar-refractivity contribution in [2.45, 2.75) is 45.1 Å². The smallest absolute Gasteiger partial charge is 0.311 e. The lowest BCUT2D eigenvalue weighted by Gasteiger charge is -2.26. The summed E-state index contributed by atoms with van der Waals surface area (Å²) >= 11 is 0. The molecule has 2 rings (SSSR count). The second-order valence-electron chi connectivity index (χ2n) is 6.51. The van der Waals surface area contributed by atoms with E-state index in [4.69, 9.17) is 10.5 Å². The Balaban J connectivity index is 0.00000312. The fraction of sp³-hybridized carbons (Fsp3) is 0.579. The minimum Gasteiger partial charge on any atom is -0.466 e. The van der Waals surface area contributed by atoms with Crippen LogP contribution in [0.5, 0.6) is 0 Å². The Morgan fingerprint density at radius 3 is 2.64 bits per heavy atom. The topological polar surface area (TPSA) is 81.4 Å². The quantitative estimate of drug-likeness (QED) is 0.724. The predicted octanol–water partition coefficient (Wildman–Crippen LogP) is 2.46. The third-order valence-corrected chi connectivity index (χ3v) is 4.55. The lowest BCUT2D eigenvalue weighted by atomic mass is 9.85. The van der Waals surface area contributed by atoms with E-state index in [-0.39, 0.29) is 42.2 Å². The van der Waals surface area contributed by atoms with Crippen molar-refractivity contribution in [3.63, 3.8) is 0 Å². The van der Waals surface area contributed by atoms with Crippen LogP contribution in [0.4, 0.5) is 0 Å². The summed E-state index contributed by atoms with van der Waals surface area (Å²) in [5, 5.41) is 2.94.